The highest BCUT2D eigenvalue weighted by atomic mass is 35.5. The van der Waals surface area contributed by atoms with Gasteiger partial charge < -0.3 is 15.6 Å². The van der Waals surface area contributed by atoms with Crippen molar-refractivity contribution in [2.45, 2.75) is 52.6 Å². The topological polar surface area (TPSA) is 78.9 Å². The van der Waals surface area contributed by atoms with Crippen LogP contribution in [0.1, 0.15) is 39.2 Å². The highest BCUT2D eigenvalue weighted by Gasteiger charge is 2.56. The Balaban J connectivity index is 1.28. The van der Waals surface area contributed by atoms with Crippen LogP contribution in [0.2, 0.25) is 10.0 Å². The van der Waals surface area contributed by atoms with Crippen LogP contribution in [0.5, 0.6) is 0 Å². The standard InChI is InChI=1S/C27H30Cl2N4O2S/c1-14-20-10-16(27(20,2)3)11-22(14)31-25(36)30-18-6-7-19-23(13-18)32-26(35)33(24(19)34)9-8-15-4-5-17(28)12-21(15)29/h4-7,12-14,16,20,22H,8-11H2,1-3H3,(H,32,35)(H2,30,31,36)/t14-,16+,20+,22-/m0/s1. The van der Waals surface area contributed by atoms with Crippen LogP contribution in [0.3, 0.4) is 0 Å². The van der Waals surface area contributed by atoms with Crippen molar-refractivity contribution in [2.75, 3.05) is 5.32 Å². The van der Waals surface area contributed by atoms with Crippen molar-refractivity contribution in [3.63, 3.8) is 0 Å². The van der Waals surface area contributed by atoms with Gasteiger partial charge in [-0.25, -0.2) is 4.79 Å². The lowest BCUT2D eigenvalue weighted by atomic mass is 9.45. The third-order valence-corrected chi connectivity index (χ3v) is 9.34. The monoisotopic (exact) mass is 544 g/mol. The third-order valence-electron chi connectivity index (χ3n) is 8.53. The lowest BCUT2D eigenvalue weighted by Gasteiger charge is -2.62. The van der Waals surface area contributed by atoms with Crippen LogP contribution in [0, 0.1) is 23.2 Å². The van der Waals surface area contributed by atoms with Gasteiger partial charge in [0.05, 0.1) is 10.9 Å². The van der Waals surface area contributed by atoms with Crippen molar-refractivity contribution >= 4 is 57.1 Å². The summed E-state index contributed by atoms with van der Waals surface area (Å²) in [4.78, 5) is 28.6. The molecule has 3 aromatic rings. The molecule has 3 fully saturated rings. The van der Waals surface area contributed by atoms with Gasteiger partial charge in [-0.05, 0) is 90.5 Å². The van der Waals surface area contributed by atoms with E-state index in [2.05, 4.69) is 36.4 Å². The molecule has 0 aliphatic heterocycles. The summed E-state index contributed by atoms with van der Waals surface area (Å²) in [7, 11) is 0. The minimum Gasteiger partial charge on any atom is -0.359 e. The quantitative estimate of drug-likeness (QED) is 0.364. The van der Waals surface area contributed by atoms with E-state index >= 15 is 0 Å². The molecule has 0 radical (unpaired) electrons. The molecule has 9 heteroatoms. The van der Waals surface area contributed by atoms with Crippen LogP contribution in [-0.2, 0) is 13.0 Å². The second kappa shape index (κ2) is 9.51. The van der Waals surface area contributed by atoms with Crippen LogP contribution in [-0.4, -0.2) is 20.7 Å². The maximum atomic E-state index is 13.1. The van der Waals surface area contributed by atoms with Gasteiger partial charge in [-0.15, -0.1) is 0 Å². The Kier molecular flexibility index (Phi) is 6.68. The van der Waals surface area contributed by atoms with Crippen LogP contribution in [0.4, 0.5) is 5.69 Å². The minimum atomic E-state index is -0.465. The van der Waals surface area contributed by atoms with Crippen molar-refractivity contribution in [2.24, 2.45) is 23.2 Å². The van der Waals surface area contributed by atoms with Gasteiger partial charge in [0.15, 0.2) is 5.11 Å². The van der Waals surface area contributed by atoms with Crippen molar-refractivity contribution in [3.05, 3.63) is 72.8 Å². The van der Waals surface area contributed by atoms with E-state index in [1.54, 1.807) is 36.4 Å². The molecule has 0 unspecified atom stereocenters. The van der Waals surface area contributed by atoms with Gasteiger partial charge in [0.2, 0.25) is 0 Å². The number of aryl methyl sites for hydroxylation is 1. The van der Waals surface area contributed by atoms with E-state index < -0.39 is 5.69 Å². The Morgan fingerprint density at radius 1 is 1.17 bits per heavy atom. The van der Waals surface area contributed by atoms with Gasteiger partial charge in [-0.3, -0.25) is 9.36 Å². The minimum absolute atomic E-state index is 0.206. The summed E-state index contributed by atoms with van der Waals surface area (Å²) in [6, 6.07) is 10.8. The van der Waals surface area contributed by atoms with Crippen LogP contribution >= 0.6 is 35.4 Å². The Hall–Kier alpha value is -2.35. The highest BCUT2D eigenvalue weighted by Crippen LogP contribution is 2.61. The zero-order chi connectivity index (χ0) is 25.8. The van der Waals surface area contributed by atoms with E-state index in [0.717, 1.165) is 29.5 Å². The number of aromatic nitrogens is 2. The average Bonchev–Trinajstić information content (AvgIpc) is 2.80. The molecule has 1 aromatic heterocycles. The molecule has 0 amide bonds. The van der Waals surface area contributed by atoms with E-state index in [-0.39, 0.29) is 12.1 Å². The zero-order valence-corrected chi connectivity index (χ0v) is 22.9. The number of nitrogens with zero attached hydrogens (tertiary/aromatic N) is 1. The van der Waals surface area contributed by atoms with Gasteiger partial charge in [0, 0.05) is 28.3 Å². The highest BCUT2D eigenvalue weighted by molar-refractivity contribution is 7.80. The lowest BCUT2D eigenvalue weighted by Crippen LogP contribution is -2.61. The Morgan fingerprint density at radius 3 is 2.64 bits per heavy atom. The number of nitrogens with one attached hydrogen (secondary N) is 3. The van der Waals surface area contributed by atoms with Gasteiger partial charge in [-0.2, -0.15) is 0 Å². The fourth-order valence-corrected chi connectivity index (χ4v) is 6.94. The summed E-state index contributed by atoms with van der Waals surface area (Å²) < 4.78 is 1.20. The van der Waals surface area contributed by atoms with E-state index in [0.29, 0.717) is 49.9 Å². The number of fused-ring (bicyclic) bond motifs is 3. The molecule has 3 aliphatic carbocycles. The molecule has 3 aliphatic rings. The Bertz CT molecular complexity index is 1460. The maximum Gasteiger partial charge on any atom is 0.328 e. The number of benzene rings is 2. The molecule has 0 spiro atoms. The number of hydrogen-bond acceptors (Lipinski definition) is 3. The number of H-pyrrole nitrogens is 1. The summed E-state index contributed by atoms with van der Waals surface area (Å²) >= 11 is 17.8. The number of hydrogen-bond donors (Lipinski definition) is 3. The number of thiocarbonyl (C=S) groups is 1. The lowest BCUT2D eigenvalue weighted by molar-refractivity contribution is -0.111. The molecule has 1 heterocycles. The molecule has 190 valence electrons. The molecular formula is C27H30Cl2N4O2S. The fraction of sp³-hybridized carbons (Fsp3) is 0.444. The molecule has 0 saturated heterocycles. The Morgan fingerprint density at radius 2 is 1.94 bits per heavy atom. The van der Waals surface area contributed by atoms with Gasteiger partial charge in [0.1, 0.15) is 0 Å². The molecule has 2 aromatic carbocycles. The smallest absolute Gasteiger partial charge is 0.328 e. The fourth-order valence-electron chi connectivity index (χ4n) is 6.17. The molecule has 3 saturated carbocycles. The average molecular weight is 546 g/mol. The molecule has 2 bridgehead atoms. The van der Waals surface area contributed by atoms with E-state index in [9.17, 15) is 9.59 Å². The SMILES string of the molecule is C[C@@H]1[C@@H](NC(=S)Nc2ccc3c(=O)n(CCc4ccc(Cl)cc4Cl)c(=O)[nH]c3c2)C[C@H]2C[C@H]1C2(C)C. The second-order valence-electron chi connectivity index (χ2n) is 10.8. The van der Waals surface area contributed by atoms with E-state index in [4.69, 9.17) is 35.4 Å². The predicted molar refractivity (Wildman–Crippen MR) is 151 cm³/mol. The van der Waals surface area contributed by atoms with Crippen molar-refractivity contribution in [1.82, 2.24) is 14.9 Å². The first-order chi connectivity index (χ1) is 17.0. The Labute approximate surface area is 225 Å². The number of halogens is 2. The second-order valence-corrected chi connectivity index (χ2v) is 12.0. The first-order valence-electron chi connectivity index (χ1n) is 12.3. The van der Waals surface area contributed by atoms with Crippen molar-refractivity contribution < 1.29 is 0 Å². The maximum absolute atomic E-state index is 13.1. The zero-order valence-electron chi connectivity index (χ0n) is 20.5. The van der Waals surface area contributed by atoms with E-state index in [1.807, 2.05) is 0 Å². The molecule has 6 rings (SSSR count). The third kappa shape index (κ3) is 4.57. The van der Waals surface area contributed by atoms with Gasteiger partial charge in [-0.1, -0.05) is 50.0 Å². The first kappa shape index (κ1) is 25.3. The largest absolute Gasteiger partial charge is 0.359 e. The summed E-state index contributed by atoms with van der Waals surface area (Å²) in [6.07, 6.45) is 2.87. The van der Waals surface area contributed by atoms with E-state index in [1.165, 1.54) is 11.0 Å². The van der Waals surface area contributed by atoms with Crippen LogP contribution in [0.25, 0.3) is 10.9 Å². The first-order valence-corrected chi connectivity index (χ1v) is 13.5. The molecule has 36 heavy (non-hydrogen) atoms. The van der Waals surface area contributed by atoms with Crippen molar-refractivity contribution in [3.8, 4) is 0 Å². The normalized spacial score (nSPS) is 24.2. The van der Waals surface area contributed by atoms with Crippen LogP contribution < -0.4 is 21.9 Å². The molecule has 3 N–H and O–H groups in total. The number of anilines is 1. The summed E-state index contributed by atoms with van der Waals surface area (Å²) in [5.74, 6) is 2.02. The molecular weight excluding hydrogens is 515 g/mol. The van der Waals surface area contributed by atoms with Gasteiger partial charge in [0.25, 0.3) is 5.56 Å². The molecule has 4 atom stereocenters. The summed E-state index contributed by atoms with van der Waals surface area (Å²) in [5, 5.41) is 8.77. The van der Waals surface area contributed by atoms with Gasteiger partial charge >= 0.3 is 5.69 Å². The summed E-state index contributed by atoms with van der Waals surface area (Å²) in [6.45, 7) is 7.28. The predicted octanol–water partition coefficient (Wildman–Crippen LogP) is 5.60. The molecule has 6 nitrogen and oxygen atoms in total. The van der Waals surface area contributed by atoms with Crippen LogP contribution in [0.15, 0.2) is 46.0 Å². The van der Waals surface area contributed by atoms with Crippen molar-refractivity contribution in [1.29, 1.82) is 0 Å². The summed E-state index contributed by atoms with van der Waals surface area (Å²) in [5.41, 5.74) is 1.62. The number of aromatic amines is 1. The number of rotatable bonds is 5.